The Morgan fingerprint density at radius 3 is 2.61 bits per heavy atom. The van der Waals surface area contributed by atoms with Gasteiger partial charge in [0.2, 0.25) is 0 Å². The first kappa shape index (κ1) is 13.3. The van der Waals surface area contributed by atoms with Crippen LogP contribution in [0.5, 0.6) is 0 Å². The highest BCUT2D eigenvalue weighted by atomic mass is 16.3. The Labute approximate surface area is 110 Å². The van der Waals surface area contributed by atoms with Crippen LogP contribution in [0.3, 0.4) is 0 Å². The molecule has 2 N–H and O–H groups in total. The number of rotatable bonds is 4. The largest absolute Gasteiger partial charge is 0.390 e. The Morgan fingerprint density at radius 1 is 1.28 bits per heavy atom. The number of nitrogens with one attached hydrogen (secondary N) is 1. The summed E-state index contributed by atoms with van der Waals surface area (Å²) in [6.07, 6.45) is 8.28. The molecule has 0 heterocycles. The molecule has 2 rings (SSSR count). The van der Waals surface area contributed by atoms with Crippen LogP contribution in [0.4, 0.5) is 0 Å². The van der Waals surface area contributed by atoms with Gasteiger partial charge in [0.1, 0.15) is 0 Å². The molecule has 18 heavy (non-hydrogen) atoms. The molecule has 1 aromatic rings. The van der Waals surface area contributed by atoms with Gasteiger partial charge in [0, 0.05) is 12.6 Å². The monoisotopic (exact) mass is 245 g/mol. The Kier molecular flexibility index (Phi) is 4.56. The van der Waals surface area contributed by atoms with Crippen LogP contribution < -0.4 is 5.32 Å². The highest BCUT2D eigenvalue weighted by Crippen LogP contribution is 2.27. The van der Waals surface area contributed by atoms with Crippen molar-refractivity contribution in [2.24, 2.45) is 0 Å². The molecule has 1 saturated carbocycles. The van der Waals surface area contributed by atoms with Gasteiger partial charge in [0.05, 0.1) is 5.60 Å². The van der Waals surface area contributed by atoms with Gasteiger partial charge in [0.15, 0.2) is 0 Å². The lowest BCUT2D eigenvalue weighted by Gasteiger charge is -2.33. The average molecular weight is 245 g/mol. The minimum atomic E-state index is -0.432. The van der Waals surface area contributed by atoms with Crippen LogP contribution in [0.15, 0.2) is 36.4 Å². The molecule has 0 spiro atoms. The normalized spacial score (nSPS) is 28.7. The predicted octanol–water partition coefficient (Wildman–Crippen LogP) is 2.98. The zero-order valence-corrected chi connectivity index (χ0v) is 11.1. The summed E-state index contributed by atoms with van der Waals surface area (Å²) in [6.45, 7) is 2.85. The first-order valence-electron chi connectivity index (χ1n) is 6.83. The fourth-order valence-corrected chi connectivity index (χ4v) is 2.44. The summed E-state index contributed by atoms with van der Waals surface area (Å²) in [4.78, 5) is 0. The third-order valence-electron chi connectivity index (χ3n) is 3.70. The summed E-state index contributed by atoms with van der Waals surface area (Å²) < 4.78 is 0. The lowest BCUT2D eigenvalue weighted by atomic mass is 9.84. The molecule has 0 unspecified atom stereocenters. The summed E-state index contributed by atoms with van der Waals surface area (Å²) in [6, 6.07) is 10.9. The topological polar surface area (TPSA) is 32.3 Å². The third kappa shape index (κ3) is 4.28. The Hall–Kier alpha value is -1.12. The molecule has 0 radical (unpaired) electrons. The molecule has 1 aliphatic carbocycles. The van der Waals surface area contributed by atoms with E-state index in [1.165, 1.54) is 5.56 Å². The van der Waals surface area contributed by atoms with Crippen molar-refractivity contribution in [3.05, 3.63) is 42.0 Å². The van der Waals surface area contributed by atoms with Crippen molar-refractivity contribution >= 4 is 6.08 Å². The van der Waals surface area contributed by atoms with E-state index < -0.39 is 5.60 Å². The molecule has 0 atom stereocenters. The third-order valence-corrected chi connectivity index (χ3v) is 3.70. The quantitative estimate of drug-likeness (QED) is 0.854. The van der Waals surface area contributed by atoms with Gasteiger partial charge >= 0.3 is 0 Å². The molecule has 1 aliphatic rings. The summed E-state index contributed by atoms with van der Waals surface area (Å²) in [7, 11) is 0. The van der Waals surface area contributed by atoms with Crippen LogP contribution in [0.25, 0.3) is 6.08 Å². The highest BCUT2D eigenvalue weighted by Gasteiger charge is 2.27. The minimum absolute atomic E-state index is 0.432. The summed E-state index contributed by atoms with van der Waals surface area (Å²) in [5, 5.41) is 13.4. The van der Waals surface area contributed by atoms with Crippen molar-refractivity contribution in [1.29, 1.82) is 0 Å². The SMILES string of the molecule is CC1(O)CCC(NC/C=C/c2ccccc2)CC1. The van der Waals surface area contributed by atoms with Gasteiger partial charge in [-0.05, 0) is 38.2 Å². The minimum Gasteiger partial charge on any atom is -0.390 e. The van der Waals surface area contributed by atoms with Crippen LogP contribution in [0, 0.1) is 0 Å². The van der Waals surface area contributed by atoms with Crippen molar-refractivity contribution < 1.29 is 5.11 Å². The second-order valence-corrected chi connectivity index (χ2v) is 5.49. The summed E-state index contributed by atoms with van der Waals surface area (Å²) in [5.41, 5.74) is 0.809. The van der Waals surface area contributed by atoms with Crippen LogP contribution in [-0.4, -0.2) is 23.3 Å². The maximum Gasteiger partial charge on any atom is 0.0621 e. The van der Waals surface area contributed by atoms with Crippen molar-refractivity contribution in [1.82, 2.24) is 5.32 Å². The van der Waals surface area contributed by atoms with Crippen molar-refractivity contribution in [2.45, 2.75) is 44.2 Å². The van der Waals surface area contributed by atoms with E-state index >= 15 is 0 Å². The number of aliphatic hydroxyl groups is 1. The molecular formula is C16H23NO. The Morgan fingerprint density at radius 2 is 1.94 bits per heavy atom. The molecule has 0 saturated heterocycles. The Balaban J connectivity index is 1.69. The van der Waals surface area contributed by atoms with E-state index in [-0.39, 0.29) is 0 Å². The lowest BCUT2D eigenvalue weighted by molar-refractivity contribution is 0.0145. The van der Waals surface area contributed by atoms with Crippen molar-refractivity contribution in [3.63, 3.8) is 0 Å². The van der Waals surface area contributed by atoms with Crippen molar-refractivity contribution in [3.8, 4) is 0 Å². The molecule has 1 fully saturated rings. The number of hydrogen-bond donors (Lipinski definition) is 2. The van der Waals surface area contributed by atoms with Gasteiger partial charge in [-0.25, -0.2) is 0 Å². The smallest absolute Gasteiger partial charge is 0.0621 e. The van der Waals surface area contributed by atoms with E-state index in [1.807, 2.05) is 13.0 Å². The molecule has 0 bridgehead atoms. The van der Waals surface area contributed by atoms with E-state index in [2.05, 4.69) is 41.7 Å². The molecule has 0 amide bonds. The number of hydrogen-bond acceptors (Lipinski definition) is 2. The molecule has 0 aromatic heterocycles. The van der Waals surface area contributed by atoms with Gasteiger partial charge in [-0.15, -0.1) is 0 Å². The van der Waals surface area contributed by atoms with Crippen LogP contribution in [-0.2, 0) is 0 Å². The number of benzene rings is 1. The summed E-state index contributed by atoms with van der Waals surface area (Å²) in [5.74, 6) is 0. The van der Waals surface area contributed by atoms with Gasteiger partial charge in [0.25, 0.3) is 0 Å². The zero-order chi connectivity index (χ0) is 12.8. The second kappa shape index (κ2) is 6.17. The van der Waals surface area contributed by atoms with Crippen LogP contribution in [0.1, 0.15) is 38.2 Å². The molecule has 98 valence electrons. The van der Waals surface area contributed by atoms with Crippen LogP contribution in [0.2, 0.25) is 0 Å². The molecule has 2 heteroatoms. The van der Waals surface area contributed by atoms with E-state index in [0.29, 0.717) is 6.04 Å². The summed E-state index contributed by atoms with van der Waals surface area (Å²) >= 11 is 0. The van der Waals surface area contributed by atoms with E-state index in [9.17, 15) is 5.11 Å². The molecule has 0 aliphatic heterocycles. The lowest BCUT2D eigenvalue weighted by Crippen LogP contribution is -2.39. The van der Waals surface area contributed by atoms with E-state index in [1.54, 1.807) is 0 Å². The molecule has 2 nitrogen and oxygen atoms in total. The van der Waals surface area contributed by atoms with Gasteiger partial charge in [-0.3, -0.25) is 0 Å². The van der Waals surface area contributed by atoms with E-state index in [4.69, 9.17) is 0 Å². The van der Waals surface area contributed by atoms with E-state index in [0.717, 1.165) is 32.2 Å². The van der Waals surface area contributed by atoms with Gasteiger partial charge in [-0.1, -0.05) is 42.5 Å². The average Bonchev–Trinajstić information content (AvgIpc) is 2.37. The predicted molar refractivity (Wildman–Crippen MR) is 76.4 cm³/mol. The van der Waals surface area contributed by atoms with Crippen molar-refractivity contribution in [2.75, 3.05) is 6.54 Å². The first-order chi connectivity index (χ1) is 8.66. The fourth-order valence-electron chi connectivity index (χ4n) is 2.44. The Bertz CT molecular complexity index is 373. The second-order valence-electron chi connectivity index (χ2n) is 5.49. The van der Waals surface area contributed by atoms with Gasteiger partial charge < -0.3 is 10.4 Å². The molecular weight excluding hydrogens is 222 g/mol. The highest BCUT2D eigenvalue weighted by molar-refractivity contribution is 5.48. The van der Waals surface area contributed by atoms with Crippen LogP contribution >= 0.6 is 0 Å². The zero-order valence-electron chi connectivity index (χ0n) is 11.1. The standard InChI is InChI=1S/C16H23NO/c1-16(18)11-9-15(10-12-16)17-13-5-8-14-6-3-2-4-7-14/h2-8,15,17-18H,9-13H2,1H3/b8-5+. The molecule has 1 aromatic carbocycles. The fraction of sp³-hybridized carbons (Fsp3) is 0.500. The maximum atomic E-state index is 9.87. The maximum absolute atomic E-state index is 9.87. The first-order valence-corrected chi connectivity index (χ1v) is 6.83. The van der Waals surface area contributed by atoms with Gasteiger partial charge in [-0.2, -0.15) is 0 Å².